The first-order valence-corrected chi connectivity index (χ1v) is 8.87. The highest BCUT2D eigenvalue weighted by atomic mass is 16.2. The molecule has 1 aliphatic rings. The number of aromatic amines is 1. The lowest BCUT2D eigenvalue weighted by Gasteiger charge is -2.10. The minimum absolute atomic E-state index is 0.142. The molecule has 9 heteroatoms. The number of nitrogens with one attached hydrogen (secondary N) is 3. The molecule has 3 N–H and O–H groups in total. The minimum atomic E-state index is -0.329. The van der Waals surface area contributed by atoms with E-state index in [4.69, 9.17) is 0 Å². The molecule has 0 saturated heterocycles. The number of hydrazone groups is 1. The van der Waals surface area contributed by atoms with Crippen LogP contribution in [0.25, 0.3) is 6.08 Å². The van der Waals surface area contributed by atoms with Crippen LogP contribution in [-0.2, 0) is 4.79 Å². The number of likely N-dealkylation sites (N-methyl/N-ethyl adjacent to an activating group) is 1. The maximum Gasteiger partial charge on any atom is 0.273 e. The van der Waals surface area contributed by atoms with Crippen LogP contribution in [0.1, 0.15) is 33.0 Å². The van der Waals surface area contributed by atoms with Gasteiger partial charge in [-0.15, -0.1) is 0 Å². The fourth-order valence-corrected chi connectivity index (χ4v) is 2.97. The van der Waals surface area contributed by atoms with Crippen molar-refractivity contribution in [1.82, 2.24) is 30.6 Å². The average Bonchev–Trinajstić information content (AvgIpc) is 3.15. The second-order valence-corrected chi connectivity index (χ2v) is 6.77. The van der Waals surface area contributed by atoms with E-state index in [1.165, 1.54) is 0 Å². The van der Waals surface area contributed by atoms with Gasteiger partial charge in [0.2, 0.25) is 0 Å². The number of amides is 2. The maximum atomic E-state index is 12.6. The standard InChI is InChI=1S/C19H23N7O2/c1-11-14(23-12(2)16(11)19(28)22-7-8-26(3)4)9-13-17(24-25-18(13)27)15-10-20-5-6-21-15/h5-6,9-10,23H,7-8H2,1-4H3,(H,22,28)(H,25,27)/b13-9+. The zero-order valence-electron chi connectivity index (χ0n) is 16.3. The van der Waals surface area contributed by atoms with Gasteiger partial charge in [0.05, 0.1) is 17.3 Å². The summed E-state index contributed by atoms with van der Waals surface area (Å²) in [5.74, 6) is -0.472. The third-order valence-corrected chi connectivity index (χ3v) is 4.41. The molecule has 2 aromatic rings. The maximum absolute atomic E-state index is 12.6. The molecule has 2 aromatic heterocycles. The first kappa shape index (κ1) is 19.4. The molecule has 28 heavy (non-hydrogen) atoms. The number of rotatable bonds is 6. The SMILES string of the molecule is Cc1[nH]c(/C=C2/C(=O)NN=C2c2cnccn2)c(C)c1C(=O)NCCN(C)C. The predicted molar refractivity (Wildman–Crippen MR) is 106 cm³/mol. The smallest absolute Gasteiger partial charge is 0.273 e. The Labute approximate surface area is 163 Å². The minimum Gasteiger partial charge on any atom is -0.358 e. The second-order valence-electron chi connectivity index (χ2n) is 6.77. The van der Waals surface area contributed by atoms with Crippen LogP contribution in [0.4, 0.5) is 0 Å². The number of aryl methyl sites for hydroxylation is 1. The van der Waals surface area contributed by atoms with E-state index in [9.17, 15) is 9.59 Å². The number of nitrogens with zero attached hydrogens (tertiary/aromatic N) is 4. The van der Waals surface area contributed by atoms with Crippen LogP contribution < -0.4 is 10.7 Å². The lowest BCUT2D eigenvalue weighted by atomic mass is 10.0. The van der Waals surface area contributed by atoms with E-state index in [0.717, 1.165) is 17.8 Å². The van der Waals surface area contributed by atoms with Gasteiger partial charge in [0.25, 0.3) is 11.8 Å². The van der Waals surface area contributed by atoms with Crippen molar-refractivity contribution in [2.75, 3.05) is 27.2 Å². The van der Waals surface area contributed by atoms with Crippen LogP contribution in [-0.4, -0.2) is 64.6 Å². The molecule has 0 fully saturated rings. The van der Waals surface area contributed by atoms with E-state index < -0.39 is 0 Å². The normalized spacial score (nSPS) is 15.1. The molecule has 3 rings (SSSR count). The largest absolute Gasteiger partial charge is 0.358 e. The fraction of sp³-hybridized carbons (Fsp3) is 0.316. The van der Waals surface area contributed by atoms with Crippen molar-refractivity contribution < 1.29 is 9.59 Å². The van der Waals surface area contributed by atoms with Crippen molar-refractivity contribution in [3.63, 3.8) is 0 Å². The van der Waals surface area contributed by atoms with Crippen LogP contribution in [0.15, 0.2) is 29.3 Å². The number of carbonyl (C=O) groups excluding carboxylic acids is 2. The molecule has 0 saturated carbocycles. The first-order valence-electron chi connectivity index (χ1n) is 8.87. The lowest BCUT2D eigenvalue weighted by molar-refractivity contribution is -0.116. The van der Waals surface area contributed by atoms with Crippen molar-refractivity contribution in [2.24, 2.45) is 5.10 Å². The quantitative estimate of drug-likeness (QED) is 0.635. The number of hydrogen-bond acceptors (Lipinski definition) is 6. The zero-order chi connectivity index (χ0) is 20.3. The zero-order valence-corrected chi connectivity index (χ0v) is 16.3. The topological polar surface area (TPSA) is 115 Å². The first-order chi connectivity index (χ1) is 13.4. The monoisotopic (exact) mass is 381 g/mol. The van der Waals surface area contributed by atoms with Crippen molar-refractivity contribution in [3.8, 4) is 0 Å². The highest BCUT2D eigenvalue weighted by Gasteiger charge is 2.26. The molecule has 0 aliphatic carbocycles. The summed E-state index contributed by atoms with van der Waals surface area (Å²) < 4.78 is 0. The van der Waals surface area contributed by atoms with Gasteiger partial charge < -0.3 is 15.2 Å². The van der Waals surface area contributed by atoms with Crippen LogP contribution in [0.2, 0.25) is 0 Å². The molecule has 9 nitrogen and oxygen atoms in total. The van der Waals surface area contributed by atoms with Gasteiger partial charge in [-0.3, -0.25) is 19.6 Å². The molecule has 2 amide bonds. The van der Waals surface area contributed by atoms with E-state index in [-0.39, 0.29) is 11.8 Å². The molecule has 0 atom stereocenters. The van der Waals surface area contributed by atoms with E-state index in [1.54, 1.807) is 24.7 Å². The molecule has 3 heterocycles. The number of H-pyrrole nitrogens is 1. The van der Waals surface area contributed by atoms with Crippen molar-refractivity contribution >= 4 is 23.6 Å². The summed E-state index contributed by atoms with van der Waals surface area (Å²) in [4.78, 5) is 38.3. The van der Waals surface area contributed by atoms with Crippen LogP contribution in [0.5, 0.6) is 0 Å². The van der Waals surface area contributed by atoms with Gasteiger partial charge in [-0.05, 0) is 39.6 Å². The molecule has 0 spiro atoms. The Morgan fingerprint density at radius 1 is 1.29 bits per heavy atom. The molecule has 0 bridgehead atoms. The molecular weight excluding hydrogens is 358 g/mol. The third-order valence-electron chi connectivity index (χ3n) is 4.41. The number of hydrogen-bond donors (Lipinski definition) is 3. The van der Waals surface area contributed by atoms with E-state index in [2.05, 4.69) is 30.8 Å². The molecule has 1 aliphatic heterocycles. The van der Waals surface area contributed by atoms with Crippen molar-refractivity contribution in [1.29, 1.82) is 0 Å². The molecule has 146 valence electrons. The van der Waals surface area contributed by atoms with Gasteiger partial charge in [0.1, 0.15) is 11.4 Å². The fourth-order valence-electron chi connectivity index (χ4n) is 2.97. The molecule has 0 unspecified atom stereocenters. The predicted octanol–water partition coefficient (Wildman–Crippen LogP) is 0.630. The number of aromatic nitrogens is 3. The van der Waals surface area contributed by atoms with Gasteiger partial charge in [-0.25, -0.2) is 5.43 Å². The molecule has 0 aromatic carbocycles. The second kappa shape index (κ2) is 8.13. The lowest BCUT2D eigenvalue weighted by Crippen LogP contribution is -2.31. The van der Waals surface area contributed by atoms with Crippen molar-refractivity contribution in [3.05, 3.63) is 52.4 Å². The summed E-state index contributed by atoms with van der Waals surface area (Å²) in [5.41, 5.74) is 6.51. The Bertz CT molecular complexity index is 958. The Hall–Kier alpha value is -3.33. The Kier molecular flexibility index (Phi) is 5.65. The Morgan fingerprint density at radius 2 is 2.07 bits per heavy atom. The summed E-state index contributed by atoms with van der Waals surface area (Å²) in [7, 11) is 3.90. The van der Waals surface area contributed by atoms with Gasteiger partial charge in [-0.1, -0.05) is 0 Å². The average molecular weight is 381 g/mol. The highest BCUT2D eigenvalue weighted by Crippen LogP contribution is 2.22. The van der Waals surface area contributed by atoms with Gasteiger partial charge >= 0.3 is 0 Å². The van der Waals surface area contributed by atoms with Crippen LogP contribution in [0, 0.1) is 13.8 Å². The van der Waals surface area contributed by atoms with Crippen LogP contribution in [0.3, 0.4) is 0 Å². The number of carbonyl (C=O) groups is 2. The van der Waals surface area contributed by atoms with Crippen LogP contribution >= 0.6 is 0 Å². The van der Waals surface area contributed by atoms with Gasteiger partial charge in [-0.2, -0.15) is 5.10 Å². The molecular formula is C19H23N7O2. The van der Waals surface area contributed by atoms with E-state index in [0.29, 0.717) is 34.8 Å². The van der Waals surface area contributed by atoms with Gasteiger partial charge in [0, 0.05) is 36.9 Å². The summed E-state index contributed by atoms with van der Waals surface area (Å²) >= 11 is 0. The van der Waals surface area contributed by atoms with E-state index >= 15 is 0 Å². The summed E-state index contributed by atoms with van der Waals surface area (Å²) in [6, 6.07) is 0. The third kappa shape index (κ3) is 3.99. The van der Waals surface area contributed by atoms with Crippen molar-refractivity contribution in [2.45, 2.75) is 13.8 Å². The Balaban J connectivity index is 1.89. The summed E-state index contributed by atoms with van der Waals surface area (Å²) in [6.45, 7) is 4.99. The summed E-state index contributed by atoms with van der Waals surface area (Å²) in [6.07, 6.45) is 6.33. The molecule has 0 radical (unpaired) electrons. The summed E-state index contributed by atoms with van der Waals surface area (Å²) in [5, 5.41) is 6.98. The van der Waals surface area contributed by atoms with Gasteiger partial charge in [0.15, 0.2) is 0 Å². The highest BCUT2D eigenvalue weighted by molar-refractivity contribution is 6.32. The van der Waals surface area contributed by atoms with E-state index in [1.807, 2.05) is 32.8 Å². The Morgan fingerprint density at radius 3 is 2.75 bits per heavy atom.